The molecule has 0 aromatic heterocycles. The van der Waals surface area contributed by atoms with E-state index < -0.39 is 0 Å². The summed E-state index contributed by atoms with van der Waals surface area (Å²) in [5, 5.41) is 6.81. The van der Waals surface area contributed by atoms with E-state index in [1.54, 1.807) is 0 Å². The maximum Gasteiger partial charge on any atom is 0.252 e. The second-order valence-electron chi connectivity index (χ2n) is 9.52. The molecule has 3 heterocycles. The van der Waals surface area contributed by atoms with E-state index in [-0.39, 0.29) is 35.9 Å². The number of benzene rings is 2. The van der Waals surface area contributed by atoms with Crippen molar-refractivity contribution >= 4 is 11.8 Å². The summed E-state index contributed by atoms with van der Waals surface area (Å²) in [5.74, 6) is 0.320. The summed E-state index contributed by atoms with van der Waals surface area (Å²) in [6, 6.07) is 14.5. The molecule has 5 rings (SSSR count). The van der Waals surface area contributed by atoms with Gasteiger partial charge in [0.25, 0.3) is 5.91 Å². The number of carbonyl (C=O) groups excluding carboxylic acids is 2. The van der Waals surface area contributed by atoms with Crippen LogP contribution in [0.5, 0.6) is 0 Å². The molecule has 2 aromatic carbocycles. The lowest BCUT2D eigenvalue weighted by atomic mass is 9.75. The largest absolute Gasteiger partial charge is 0.346 e. The molecule has 2 aromatic rings. The van der Waals surface area contributed by atoms with Crippen LogP contribution in [0.1, 0.15) is 77.8 Å². The molecular weight excluding hydrogens is 398 g/mol. The molecule has 3 aliphatic rings. The molecule has 32 heavy (non-hydrogen) atoms. The van der Waals surface area contributed by atoms with E-state index in [9.17, 15) is 9.59 Å². The van der Waals surface area contributed by atoms with Crippen molar-refractivity contribution in [2.24, 2.45) is 5.92 Å². The molecule has 2 amide bonds. The number of hydrogen-bond donors (Lipinski definition) is 2. The summed E-state index contributed by atoms with van der Waals surface area (Å²) >= 11 is 0. The second kappa shape index (κ2) is 8.70. The van der Waals surface area contributed by atoms with E-state index in [0.29, 0.717) is 0 Å². The minimum atomic E-state index is -0.0818. The standard InChI is InChI=1S/C27H33N3O2/c1-3-18-14-20-11-13-30-24(16-23-21(27(30)32)10-7-12-28-23)25(20)22(15-18)26(31)29-17(2)19-8-5-4-6-9-19/h4-6,8-9,14-15,17,21,23-24,28H,3,7,10-13,16H2,1-2H3,(H,29,31)/t17-,21-,23-,24-/m1/s1. The quantitative estimate of drug-likeness (QED) is 0.771. The first-order valence-electron chi connectivity index (χ1n) is 12.1. The summed E-state index contributed by atoms with van der Waals surface area (Å²) < 4.78 is 0. The van der Waals surface area contributed by atoms with E-state index >= 15 is 0 Å². The maximum absolute atomic E-state index is 13.6. The van der Waals surface area contributed by atoms with Crippen molar-refractivity contribution in [3.63, 3.8) is 0 Å². The molecule has 0 bridgehead atoms. The van der Waals surface area contributed by atoms with Crippen LogP contribution in [0.2, 0.25) is 0 Å². The minimum absolute atomic E-state index is 0.0169. The number of piperidine rings is 2. The molecule has 0 saturated carbocycles. The Balaban J connectivity index is 1.50. The van der Waals surface area contributed by atoms with Crippen molar-refractivity contribution in [1.82, 2.24) is 15.5 Å². The van der Waals surface area contributed by atoms with Crippen LogP contribution >= 0.6 is 0 Å². The van der Waals surface area contributed by atoms with Gasteiger partial charge in [-0.05, 0) is 73.9 Å². The highest BCUT2D eigenvalue weighted by atomic mass is 16.2. The van der Waals surface area contributed by atoms with E-state index in [1.807, 2.05) is 37.3 Å². The SMILES string of the molecule is CCc1cc2c(c(C(=O)N[C@H](C)c3ccccc3)c1)[C@H]1C[C@H]3NCCC[C@H]3C(=O)N1CC2. The third-order valence-electron chi connectivity index (χ3n) is 7.62. The summed E-state index contributed by atoms with van der Waals surface area (Å²) in [4.78, 5) is 29.0. The lowest BCUT2D eigenvalue weighted by molar-refractivity contribution is -0.145. The first-order chi connectivity index (χ1) is 15.6. The fraction of sp³-hybridized carbons (Fsp3) is 0.481. The molecule has 168 valence electrons. The summed E-state index contributed by atoms with van der Waals surface area (Å²) in [7, 11) is 0. The Morgan fingerprint density at radius 2 is 2.06 bits per heavy atom. The van der Waals surface area contributed by atoms with Crippen molar-refractivity contribution in [3.8, 4) is 0 Å². The van der Waals surface area contributed by atoms with Crippen molar-refractivity contribution in [2.45, 2.75) is 64.1 Å². The smallest absolute Gasteiger partial charge is 0.252 e. The van der Waals surface area contributed by atoms with Crippen LogP contribution in [0.15, 0.2) is 42.5 Å². The van der Waals surface area contributed by atoms with Gasteiger partial charge in [0.15, 0.2) is 0 Å². The second-order valence-corrected chi connectivity index (χ2v) is 9.52. The Morgan fingerprint density at radius 1 is 1.25 bits per heavy atom. The number of aryl methyl sites for hydroxylation is 1. The van der Waals surface area contributed by atoms with Crippen molar-refractivity contribution in [1.29, 1.82) is 0 Å². The molecule has 3 aliphatic heterocycles. The number of carbonyl (C=O) groups is 2. The maximum atomic E-state index is 13.6. The molecule has 0 aliphatic carbocycles. The van der Waals surface area contributed by atoms with Gasteiger partial charge in [0.05, 0.1) is 18.0 Å². The highest BCUT2D eigenvalue weighted by Crippen LogP contribution is 2.43. The van der Waals surface area contributed by atoms with Crippen molar-refractivity contribution in [3.05, 3.63) is 70.3 Å². The molecule has 5 nitrogen and oxygen atoms in total. The Hall–Kier alpha value is -2.66. The topological polar surface area (TPSA) is 61.4 Å². The van der Waals surface area contributed by atoms with Crippen molar-refractivity contribution in [2.75, 3.05) is 13.1 Å². The average molecular weight is 432 g/mol. The van der Waals surface area contributed by atoms with Crippen LogP contribution in [0, 0.1) is 5.92 Å². The van der Waals surface area contributed by atoms with Gasteiger partial charge in [-0.3, -0.25) is 9.59 Å². The van der Waals surface area contributed by atoms with Crippen LogP contribution in [0.25, 0.3) is 0 Å². The van der Waals surface area contributed by atoms with Crippen LogP contribution in [-0.4, -0.2) is 35.8 Å². The predicted octanol–water partition coefficient (Wildman–Crippen LogP) is 3.94. The zero-order chi connectivity index (χ0) is 22.2. The average Bonchev–Trinajstić information content (AvgIpc) is 2.83. The highest BCUT2D eigenvalue weighted by molar-refractivity contribution is 5.97. The molecule has 0 spiro atoms. The summed E-state index contributed by atoms with van der Waals surface area (Å²) in [6.45, 7) is 5.89. The Kier molecular flexibility index (Phi) is 5.76. The Labute approximate surface area is 190 Å². The molecule has 0 unspecified atom stereocenters. The first-order valence-corrected chi connectivity index (χ1v) is 12.1. The number of fused-ring (bicyclic) bond motifs is 4. The lowest BCUT2D eigenvalue weighted by Crippen LogP contribution is -2.58. The van der Waals surface area contributed by atoms with E-state index in [4.69, 9.17) is 0 Å². The third-order valence-corrected chi connectivity index (χ3v) is 7.62. The van der Waals surface area contributed by atoms with E-state index in [1.165, 1.54) is 11.1 Å². The van der Waals surface area contributed by atoms with Crippen LogP contribution < -0.4 is 10.6 Å². The molecule has 2 fully saturated rings. The van der Waals surface area contributed by atoms with E-state index in [0.717, 1.165) is 61.9 Å². The van der Waals surface area contributed by atoms with Crippen molar-refractivity contribution < 1.29 is 9.59 Å². The van der Waals surface area contributed by atoms with Crippen LogP contribution in [-0.2, 0) is 17.6 Å². The molecular formula is C27H33N3O2. The fourth-order valence-corrected chi connectivity index (χ4v) is 5.88. The summed E-state index contributed by atoms with van der Waals surface area (Å²) in [5.41, 5.74) is 5.34. The zero-order valence-corrected chi connectivity index (χ0v) is 19.1. The monoisotopic (exact) mass is 431 g/mol. The van der Waals surface area contributed by atoms with Gasteiger partial charge >= 0.3 is 0 Å². The van der Waals surface area contributed by atoms with Gasteiger partial charge in [-0.15, -0.1) is 0 Å². The van der Waals surface area contributed by atoms with Crippen LogP contribution in [0.4, 0.5) is 0 Å². The Bertz CT molecular complexity index is 1020. The zero-order valence-electron chi connectivity index (χ0n) is 19.1. The van der Waals surface area contributed by atoms with E-state index in [2.05, 4.69) is 34.6 Å². The number of nitrogens with zero attached hydrogens (tertiary/aromatic N) is 1. The predicted molar refractivity (Wildman–Crippen MR) is 125 cm³/mol. The molecule has 4 atom stereocenters. The van der Waals surface area contributed by atoms with Gasteiger partial charge in [0.1, 0.15) is 0 Å². The molecule has 2 N–H and O–H groups in total. The van der Waals surface area contributed by atoms with Gasteiger partial charge in [-0.25, -0.2) is 0 Å². The van der Waals surface area contributed by atoms with Gasteiger partial charge in [0, 0.05) is 18.2 Å². The molecule has 2 saturated heterocycles. The summed E-state index contributed by atoms with van der Waals surface area (Å²) in [6.07, 6.45) is 4.64. The first kappa shape index (κ1) is 21.2. The normalized spacial score (nSPS) is 25.4. The Morgan fingerprint density at radius 3 is 2.84 bits per heavy atom. The minimum Gasteiger partial charge on any atom is -0.346 e. The van der Waals surface area contributed by atoms with Gasteiger partial charge < -0.3 is 15.5 Å². The van der Waals surface area contributed by atoms with Gasteiger partial charge in [-0.1, -0.05) is 43.3 Å². The van der Waals surface area contributed by atoms with Crippen LogP contribution in [0.3, 0.4) is 0 Å². The lowest BCUT2D eigenvalue weighted by Gasteiger charge is -2.49. The molecule has 0 radical (unpaired) electrons. The highest BCUT2D eigenvalue weighted by Gasteiger charge is 2.46. The number of rotatable bonds is 4. The fourth-order valence-electron chi connectivity index (χ4n) is 5.88. The number of nitrogens with one attached hydrogen (secondary N) is 2. The number of amides is 2. The third kappa shape index (κ3) is 3.73. The van der Waals surface area contributed by atoms with Gasteiger partial charge in [-0.2, -0.15) is 0 Å². The number of hydrogen-bond acceptors (Lipinski definition) is 3. The van der Waals surface area contributed by atoms with Gasteiger partial charge in [0.2, 0.25) is 5.91 Å². The molecule has 5 heteroatoms.